The second kappa shape index (κ2) is 6.15. The first kappa shape index (κ1) is 15.3. The maximum absolute atomic E-state index is 12.3. The number of amides is 1. The number of anilines is 1. The summed E-state index contributed by atoms with van der Waals surface area (Å²) in [6.45, 7) is 1.94. The van der Waals surface area contributed by atoms with Crippen molar-refractivity contribution in [1.82, 2.24) is 0 Å². The zero-order chi connectivity index (χ0) is 15.6. The Hall–Kier alpha value is -2.06. The number of carboxylic acid groups (broad SMARTS) is 1. The normalized spacial score (nSPS) is 24.3. The van der Waals surface area contributed by atoms with E-state index in [4.69, 9.17) is 16.9 Å². The summed E-state index contributed by atoms with van der Waals surface area (Å²) in [5.74, 6) is -2.27. The number of nitriles is 1. The van der Waals surface area contributed by atoms with Crippen LogP contribution in [0.2, 0.25) is 5.02 Å². The van der Waals surface area contributed by atoms with Crippen LogP contribution in [0.1, 0.15) is 25.3 Å². The highest BCUT2D eigenvalue weighted by atomic mass is 35.5. The lowest BCUT2D eigenvalue weighted by Gasteiger charge is -2.16. The van der Waals surface area contributed by atoms with E-state index in [-0.39, 0.29) is 16.8 Å². The highest BCUT2D eigenvalue weighted by molar-refractivity contribution is 6.33. The molecule has 0 aromatic heterocycles. The molecule has 2 rings (SSSR count). The molecule has 1 aromatic carbocycles. The van der Waals surface area contributed by atoms with Crippen molar-refractivity contribution in [2.75, 3.05) is 5.32 Å². The highest BCUT2D eigenvalue weighted by Crippen LogP contribution is 2.37. The Bertz CT molecular complexity index is 624. The average molecular weight is 307 g/mol. The molecule has 0 radical (unpaired) electrons. The summed E-state index contributed by atoms with van der Waals surface area (Å²) in [5, 5.41) is 20.9. The molecule has 0 saturated heterocycles. The third-order valence-corrected chi connectivity index (χ3v) is 4.12. The van der Waals surface area contributed by atoms with E-state index in [9.17, 15) is 14.7 Å². The molecule has 0 aliphatic heterocycles. The van der Waals surface area contributed by atoms with Gasteiger partial charge in [0.15, 0.2) is 0 Å². The minimum atomic E-state index is -0.939. The maximum Gasteiger partial charge on any atom is 0.307 e. The Kier molecular flexibility index (Phi) is 4.49. The van der Waals surface area contributed by atoms with Crippen LogP contribution >= 0.6 is 11.6 Å². The molecule has 6 heteroatoms. The first-order valence-electron chi connectivity index (χ1n) is 6.65. The fourth-order valence-corrected chi connectivity index (χ4v) is 2.99. The average Bonchev–Trinajstić information content (AvgIpc) is 2.83. The van der Waals surface area contributed by atoms with Gasteiger partial charge >= 0.3 is 5.97 Å². The van der Waals surface area contributed by atoms with Crippen molar-refractivity contribution in [3.63, 3.8) is 0 Å². The Morgan fingerprint density at radius 1 is 1.38 bits per heavy atom. The van der Waals surface area contributed by atoms with Crippen LogP contribution in [0.15, 0.2) is 18.2 Å². The van der Waals surface area contributed by atoms with Crippen molar-refractivity contribution in [3.8, 4) is 6.07 Å². The van der Waals surface area contributed by atoms with Crippen molar-refractivity contribution >= 4 is 29.2 Å². The van der Waals surface area contributed by atoms with Crippen LogP contribution in [-0.4, -0.2) is 17.0 Å². The molecule has 2 N–H and O–H groups in total. The number of nitrogens with zero attached hydrogens (tertiary/aromatic N) is 1. The topological polar surface area (TPSA) is 90.2 Å². The molecule has 1 aliphatic rings. The van der Waals surface area contributed by atoms with Gasteiger partial charge in [0, 0.05) is 0 Å². The van der Waals surface area contributed by atoms with Gasteiger partial charge in [-0.2, -0.15) is 5.26 Å². The van der Waals surface area contributed by atoms with E-state index in [0.29, 0.717) is 24.1 Å². The van der Waals surface area contributed by atoms with Gasteiger partial charge < -0.3 is 10.4 Å². The van der Waals surface area contributed by atoms with Crippen LogP contribution in [-0.2, 0) is 9.59 Å². The maximum atomic E-state index is 12.3. The number of halogens is 1. The molecular formula is C15H15ClN2O3. The smallest absolute Gasteiger partial charge is 0.307 e. The van der Waals surface area contributed by atoms with Crippen LogP contribution in [0.3, 0.4) is 0 Å². The summed E-state index contributed by atoms with van der Waals surface area (Å²) >= 11 is 6.00. The molecule has 0 heterocycles. The zero-order valence-electron chi connectivity index (χ0n) is 11.5. The number of nitrogens with one attached hydrogen (secondary N) is 1. The van der Waals surface area contributed by atoms with Crippen molar-refractivity contribution < 1.29 is 14.7 Å². The van der Waals surface area contributed by atoms with E-state index >= 15 is 0 Å². The minimum absolute atomic E-state index is 0.207. The fraction of sp³-hybridized carbons (Fsp3) is 0.400. The molecule has 1 saturated carbocycles. The van der Waals surface area contributed by atoms with Gasteiger partial charge in [-0.25, -0.2) is 0 Å². The molecule has 1 fully saturated rings. The van der Waals surface area contributed by atoms with E-state index in [1.54, 1.807) is 12.1 Å². The predicted molar refractivity (Wildman–Crippen MR) is 77.8 cm³/mol. The Labute approximate surface area is 127 Å². The fourth-order valence-electron chi connectivity index (χ4n) is 2.77. The monoisotopic (exact) mass is 306 g/mol. The molecule has 0 spiro atoms. The number of hydrogen-bond acceptors (Lipinski definition) is 3. The molecule has 3 atom stereocenters. The molecular weight excluding hydrogens is 292 g/mol. The molecule has 110 valence electrons. The molecule has 1 aliphatic carbocycles. The van der Waals surface area contributed by atoms with Crippen LogP contribution in [0.4, 0.5) is 5.69 Å². The largest absolute Gasteiger partial charge is 0.481 e. The summed E-state index contributed by atoms with van der Waals surface area (Å²) in [7, 11) is 0. The summed E-state index contributed by atoms with van der Waals surface area (Å²) in [6.07, 6.45) is 1.06. The predicted octanol–water partition coefficient (Wildman–Crippen LogP) is 2.90. The van der Waals surface area contributed by atoms with Gasteiger partial charge in [0.1, 0.15) is 0 Å². The van der Waals surface area contributed by atoms with Gasteiger partial charge in [-0.3, -0.25) is 9.59 Å². The van der Waals surface area contributed by atoms with Crippen LogP contribution in [0, 0.1) is 29.1 Å². The summed E-state index contributed by atoms with van der Waals surface area (Å²) in [4.78, 5) is 23.5. The van der Waals surface area contributed by atoms with Crippen LogP contribution < -0.4 is 5.32 Å². The number of carboxylic acids is 1. The number of hydrogen-bond donors (Lipinski definition) is 2. The first-order chi connectivity index (χ1) is 9.92. The second-order valence-corrected chi connectivity index (χ2v) is 5.83. The van der Waals surface area contributed by atoms with E-state index in [2.05, 4.69) is 5.32 Å². The van der Waals surface area contributed by atoms with E-state index in [1.165, 1.54) is 6.07 Å². The number of carbonyl (C=O) groups is 2. The SMILES string of the molecule is CC1C[C@H](C(=O)Nc2ccc(C#N)cc2Cl)[C@H](C(=O)O)C1. The number of aliphatic carboxylic acids is 1. The molecule has 1 aromatic rings. The van der Waals surface area contributed by atoms with Gasteiger partial charge in [-0.1, -0.05) is 18.5 Å². The molecule has 1 unspecified atom stereocenters. The molecule has 1 amide bonds. The highest BCUT2D eigenvalue weighted by Gasteiger charge is 2.41. The van der Waals surface area contributed by atoms with Crippen LogP contribution in [0.25, 0.3) is 0 Å². The number of benzene rings is 1. The standard InChI is InChI=1S/C15H15ClN2O3/c1-8-4-10(11(5-8)15(20)21)14(19)18-13-3-2-9(7-17)6-12(13)16/h2-3,6,8,10-11H,4-5H2,1H3,(H,18,19)(H,20,21)/t8?,10-,11+/m0/s1. The number of rotatable bonds is 3. The van der Waals surface area contributed by atoms with Gasteiger partial charge in [0.25, 0.3) is 0 Å². The van der Waals surface area contributed by atoms with E-state index < -0.39 is 17.8 Å². The van der Waals surface area contributed by atoms with Gasteiger partial charge in [-0.15, -0.1) is 0 Å². The lowest BCUT2D eigenvalue weighted by molar-refractivity contribution is -0.145. The zero-order valence-corrected chi connectivity index (χ0v) is 12.2. The summed E-state index contributed by atoms with van der Waals surface area (Å²) < 4.78 is 0. The Balaban J connectivity index is 2.14. The van der Waals surface area contributed by atoms with E-state index in [1.807, 2.05) is 13.0 Å². The van der Waals surface area contributed by atoms with E-state index in [0.717, 1.165) is 0 Å². The minimum Gasteiger partial charge on any atom is -0.481 e. The summed E-state index contributed by atoms with van der Waals surface area (Å²) in [5.41, 5.74) is 0.792. The third-order valence-electron chi connectivity index (χ3n) is 3.81. The second-order valence-electron chi connectivity index (χ2n) is 5.42. The van der Waals surface area contributed by atoms with Gasteiger partial charge in [0.2, 0.25) is 5.91 Å². The number of carbonyl (C=O) groups excluding carboxylic acids is 1. The first-order valence-corrected chi connectivity index (χ1v) is 7.03. The van der Waals surface area contributed by atoms with Crippen molar-refractivity contribution in [1.29, 1.82) is 5.26 Å². The molecule has 5 nitrogen and oxygen atoms in total. The lowest BCUT2D eigenvalue weighted by atomic mass is 9.95. The Morgan fingerprint density at radius 2 is 2.05 bits per heavy atom. The van der Waals surface area contributed by atoms with Gasteiger partial charge in [-0.05, 0) is 37.0 Å². The van der Waals surface area contributed by atoms with Crippen molar-refractivity contribution in [2.45, 2.75) is 19.8 Å². The molecule has 0 bridgehead atoms. The third kappa shape index (κ3) is 3.34. The Morgan fingerprint density at radius 3 is 2.62 bits per heavy atom. The van der Waals surface area contributed by atoms with Crippen molar-refractivity contribution in [3.05, 3.63) is 28.8 Å². The summed E-state index contributed by atoms with van der Waals surface area (Å²) in [6, 6.07) is 6.52. The quantitative estimate of drug-likeness (QED) is 0.898. The van der Waals surface area contributed by atoms with Crippen molar-refractivity contribution in [2.24, 2.45) is 17.8 Å². The lowest BCUT2D eigenvalue weighted by Crippen LogP contribution is -2.30. The van der Waals surface area contributed by atoms with Crippen LogP contribution in [0.5, 0.6) is 0 Å². The van der Waals surface area contributed by atoms with Gasteiger partial charge in [0.05, 0.1) is 34.2 Å². The molecule has 21 heavy (non-hydrogen) atoms.